The maximum atomic E-state index is 11.7. The molecular formula is C14H17N3OS. The lowest BCUT2D eigenvalue weighted by Gasteiger charge is -2.05. The first-order chi connectivity index (χ1) is 9.24. The minimum absolute atomic E-state index is 0.0673. The molecule has 0 atom stereocenters. The van der Waals surface area contributed by atoms with E-state index in [-0.39, 0.29) is 5.91 Å². The summed E-state index contributed by atoms with van der Waals surface area (Å²) in [5.41, 5.74) is 10.4. The summed E-state index contributed by atoms with van der Waals surface area (Å²) < 4.78 is 0. The average Bonchev–Trinajstić information content (AvgIpc) is 2.90. The summed E-state index contributed by atoms with van der Waals surface area (Å²) in [6, 6.07) is 7.64. The van der Waals surface area contributed by atoms with Gasteiger partial charge in [-0.1, -0.05) is 12.1 Å². The molecule has 1 aromatic carbocycles. The van der Waals surface area contributed by atoms with Crippen LogP contribution in [0.5, 0.6) is 0 Å². The second-order valence-corrected chi connectivity index (χ2v) is 5.04. The highest BCUT2D eigenvalue weighted by Crippen LogP contribution is 2.08. The molecule has 0 saturated carbocycles. The maximum Gasteiger partial charge on any atom is 0.220 e. The van der Waals surface area contributed by atoms with Crippen LogP contribution in [0, 0.1) is 0 Å². The number of aryl methyl sites for hydroxylation is 1. The van der Waals surface area contributed by atoms with Gasteiger partial charge in [-0.15, -0.1) is 11.3 Å². The van der Waals surface area contributed by atoms with E-state index in [4.69, 9.17) is 5.73 Å². The first-order valence-corrected chi connectivity index (χ1v) is 7.16. The number of anilines is 1. The highest BCUT2D eigenvalue weighted by atomic mass is 32.1. The van der Waals surface area contributed by atoms with Gasteiger partial charge in [0.05, 0.1) is 11.2 Å². The fraction of sp³-hybridized carbons (Fsp3) is 0.286. The Morgan fingerprint density at radius 3 is 3.00 bits per heavy atom. The number of nitrogens with two attached hydrogens (primary N) is 1. The third kappa shape index (κ3) is 4.71. The highest BCUT2D eigenvalue weighted by Gasteiger charge is 2.03. The predicted molar refractivity (Wildman–Crippen MR) is 78.0 cm³/mol. The minimum atomic E-state index is 0.0673. The molecule has 2 rings (SSSR count). The summed E-state index contributed by atoms with van der Waals surface area (Å²) in [5, 5.41) is 4.90. The summed E-state index contributed by atoms with van der Waals surface area (Å²) in [6.45, 7) is 0.638. The molecular weight excluding hydrogens is 258 g/mol. The van der Waals surface area contributed by atoms with E-state index in [0.717, 1.165) is 23.4 Å². The highest BCUT2D eigenvalue weighted by molar-refractivity contribution is 7.07. The van der Waals surface area contributed by atoms with Gasteiger partial charge in [-0.2, -0.15) is 0 Å². The summed E-state index contributed by atoms with van der Waals surface area (Å²) in [6.07, 6.45) is 1.99. The predicted octanol–water partition coefficient (Wildman–Crippen LogP) is 2.02. The van der Waals surface area contributed by atoms with Gasteiger partial charge >= 0.3 is 0 Å². The number of amides is 1. The first kappa shape index (κ1) is 13.5. The molecule has 19 heavy (non-hydrogen) atoms. The number of thiazole rings is 1. The van der Waals surface area contributed by atoms with Gasteiger partial charge in [-0.25, -0.2) is 4.98 Å². The smallest absolute Gasteiger partial charge is 0.220 e. The van der Waals surface area contributed by atoms with Crippen LogP contribution in [0.4, 0.5) is 5.69 Å². The van der Waals surface area contributed by atoms with E-state index in [1.807, 2.05) is 29.6 Å². The molecule has 1 heterocycles. The Labute approximate surface area is 116 Å². The zero-order valence-corrected chi connectivity index (χ0v) is 11.5. The van der Waals surface area contributed by atoms with Crippen LogP contribution < -0.4 is 11.1 Å². The Morgan fingerprint density at radius 2 is 2.26 bits per heavy atom. The van der Waals surface area contributed by atoms with Crippen LogP contribution >= 0.6 is 11.3 Å². The molecule has 5 heteroatoms. The third-order valence-corrected chi connectivity index (χ3v) is 3.41. The van der Waals surface area contributed by atoms with Gasteiger partial charge in [0.2, 0.25) is 5.91 Å². The van der Waals surface area contributed by atoms with Crippen molar-refractivity contribution in [2.45, 2.75) is 19.3 Å². The van der Waals surface area contributed by atoms with Gasteiger partial charge in [0.15, 0.2) is 0 Å². The van der Waals surface area contributed by atoms with Crippen LogP contribution in [0.25, 0.3) is 0 Å². The number of carbonyl (C=O) groups excluding carboxylic acids is 1. The standard InChI is InChI=1S/C14H17N3OS/c15-12-3-1-2-11(8-12)4-5-14(18)16-7-6-13-9-19-10-17-13/h1-3,8-10H,4-7,15H2,(H,16,18). The Morgan fingerprint density at radius 1 is 1.37 bits per heavy atom. The van der Waals surface area contributed by atoms with Crippen molar-refractivity contribution < 1.29 is 4.79 Å². The van der Waals surface area contributed by atoms with Gasteiger partial charge in [-0.05, 0) is 24.1 Å². The van der Waals surface area contributed by atoms with Crippen molar-refractivity contribution in [1.29, 1.82) is 0 Å². The molecule has 0 fully saturated rings. The minimum Gasteiger partial charge on any atom is -0.399 e. The molecule has 0 spiro atoms. The second kappa shape index (κ2) is 6.89. The molecule has 0 aliphatic rings. The number of carbonyl (C=O) groups is 1. The van der Waals surface area contributed by atoms with Crippen LogP contribution in [0.2, 0.25) is 0 Å². The molecule has 0 saturated heterocycles. The fourth-order valence-corrected chi connectivity index (χ4v) is 2.38. The Hall–Kier alpha value is -1.88. The van der Waals surface area contributed by atoms with Gasteiger partial charge in [0.1, 0.15) is 0 Å². The summed E-state index contributed by atoms with van der Waals surface area (Å²) >= 11 is 1.57. The Bertz CT molecular complexity index is 525. The number of nitrogens with zero attached hydrogens (tertiary/aromatic N) is 1. The van der Waals surface area contributed by atoms with Gasteiger partial charge in [0, 0.05) is 30.5 Å². The number of aromatic nitrogens is 1. The number of rotatable bonds is 6. The molecule has 4 nitrogen and oxygen atoms in total. The monoisotopic (exact) mass is 275 g/mol. The van der Waals surface area contributed by atoms with Crippen molar-refractivity contribution in [3.05, 3.63) is 46.4 Å². The molecule has 0 radical (unpaired) electrons. The molecule has 2 aromatic rings. The molecule has 1 aromatic heterocycles. The number of benzene rings is 1. The fourth-order valence-electron chi connectivity index (χ4n) is 1.79. The third-order valence-electron chi connectivity index (χ3n) is 2.78. The number of nitrogens with one attached hydrogen (secondary N) is 1. The summed E-state index contributed by atoms with van der Waals surface area (Å²) in [5.74, 6) is 0.0673. The quantitative estimate of drug-likeness (QED) is 0.792. The topological polar surface area (TPSA) is 68.0 Å². The largest absolute Gasteiger partial charge is 0.399 e. The van der Waals surface area contributed by atoms with Crippen molar-refractivity contribution in [3.8, 4) is 0 Å². The molecule has 0 bridgehead atoms. The SMILES string of the molecule is Nc1cccc(CCC(=O)NCCc2cscn2)c1. The van der Waals surface area contributed by atoms with Crippen LogP contribution in [-0.2, 0) is 17.6 Å². The first-order valence-electron chi connectivity index (χ1n) is 6.22. The number of hydrogen-bond acceptors (Lipinski definition) is 4. The second-order valence-electron chi connectivity index (χ2n) is 4.32. The van der Waals surface area contributed by atoms with Crippen molar-refractivity contribution >= 4 is 22.9 Å². The molecule has 0 aliphatic carbocycles. The van der Waals surface area contributed by atoms with Gasteiger partial charge in [-0.3, -0.25) is 4.79 Å². The summed E-state index contributed by atoms with van der Waals surface area (Å²) in [4.78, 5) is 15.8. The number of nitrogen functional groups attached to an aromatic ring is 1. The van der Waals surface area contributed by atoms with Crippen molar-refractivity contribution in [2.75, 3.05) is 12.3 Å². The van der Waals surface area contributed by atoms with E-state index in [1.165, 1.54) is 0 Å². The normalized spacial score (nSPS) is 10.3. The van der Waals surface area contributed by atoms with Gasteiger partial charge < -0.3 is 11.1 Å². The molecule has 0 aliphatic heterocycles. The van der Waals surface area contributed by atoms with Crippen LogP contribution in [0.15, 0.2) is 35.2 Å². The van der Waals surface area contributed by atoms with E-state index >= 15 is 0 Å². The maximum absolute atomic E-state index is 11.7. The molecule has 1 amide bonds. The lowest BCUT2D eigenvalue weighted by atomic mass is 10.1. The van der Waals surface area contributed by atoms with E-state index < -0.39 is 0 Å². The molecule has 0 unspecified atom stereocenters. The number of hydrogen-bond donors (Lipinski definition) is 2. The zero-order chi connectivity index (χ0) is 13.5. The molecule has 100 valence electrons. The lowest BCUT2D eigenvalue weighted by molar-refractivity contribution is -0.121. The van der Waals surface area contributed by atoms with E-state index in [1.54, 1.807) is 16.8 Å². The van der Waals surface area contributed by atoms with Crippen LogP contribution in [0.1, 0.15) is 17.7 Å². The van der Waals surface area contributed by atoms with Crippen LogP contribution in [-0.4, -0.2) is 17.4 Å². The summed E-state index contributed by atoms with van der Waals surface area (Å²) in [7, 11) is 0. The van der Waals surface area contributed by atoms with Crippen molar-refractivity contribution in [3.63, 3.8) is 0 Å². The van der Waals surface area contributed by atoms with Crippen LogP contribution in [0.3, 0.4) is 0 Å². The van der Waals surface area contributed by atoms with Crippen molar-refractivity contribution in [2.24, 2.45) is 0 Å². The molecule has 3 N–H and O–H groups in total. The lowest BCUT2D eigenvalue weighted by Crippen LogP contribution is -2.25. The Kier molecular flexibility index (Phi) is 4.92. The van der Waals surface area contributed by atoms with E-state index in [2.05, 4.69) is 10.3 Å². The van der Waals surface area contributed by atoms with Gasteiger partial charge in [0.25, 0.3) is 0 Å². The average molecular weight is 275 g/mol. The van der Waals surface area contributed by atoms with Crippen molar-refractivity contribution in [1.82, 2.24) is 10.3 Å². The zero-order valence-electron chi connectivity index (χ0n) is 10.6. The van der Waals surface area contributed by atoms with E-state index in [0.29, 0.717) is 19.4 Å². The van der Waals surface area contributed by atoms with E-state index in [9.17, 15) is 4.79 Å². The Balaban J connectivity index is 1.67.